The molecule has 1 heterocycles. The minimum absolute atomic E-state index is 0.174. The van der Waals surface area contributed by atoms with Gasteiger partial charge in [0.05, 0.1) is 18.3 Å². The Kier molecular flexibility index (Phi) is 3.50. The first-order valence-corrected chi connectivity index (χ1v) is 5.52. The zero-order valence-electron chi connectivity index (χ0n) is 8.88. The lowest BCUT2D eigenvalue weighted by Gasteiger charge is -2.06. The molecule has 0 aliphatic carbocycles. The molecular formula is C12H8Cl2FNO. The number of halogens is 3. The van der Waals surface area contributed by atoms with Crippen LogP contribution in [0.1, 0.15) is 0 Å². The van der Waals surface area contributed by atoms with Crippen LogP contribution in [0, 0.1) is 5.82 Å². The second-order valence-corrected chi connectivity index (χ2v) is 4.17. The summed E-state index contributed by atoms with van der Waals surface area (Å²) in [5.74, 6) is -0.134. The molecule has 0 radical (unpaired) electrons. The Morgan fingerprint density at radius 1 is 1.24 bits per heavy atom. The summed E-state index contributed by atoms with van der Waals surface area (Å²) >= 11 is 11.8. The predicted molar refractivity (Wildman–Crippen MR) is 66.2 cm³/mol. The van der Waals surface area contributed by atoms with Gasteiger partial charge in [-0.25, -0.2) is 9.37 Å². The van der Waals surface area contributed by atoms with E-state index in [-0.39, 0.29) is 5.69 Å². The molecule has 1 aromatic heterocycles. The molecule has 0 saturated carbocycles. The summed E-state index contributed by atoms with van der Waals surface area (Å²) in [5, 5.41) is 0.849. The lowest BCUT2D eigenvalue weighted by molar-refractivity contribution is 0.409. The molecule has 17 heavy (non-hydrogen) atoms. The van der Waals surface area contributed by atoms with Crippen molar-refractivity contribution in [1.82, 2.24) is 4.98 Å². The van der Waals surface area contributed by atoms with Gasteiger partial charge >= 0.3 is 0 Å². The molecule has 0 amide bonds. The van der Waals surface area contributed by atoms with Crippen molar-refractivity contribution in [1.29, 1.82) is 0 Å². The molecule has 88 valence electrons. The van der Waals surface area contributed by atoms with Gasteiger partial charge in [-0.15, -0.1) is 0 Å². The van der Waals surface area contributed by atoms with E-state index in [1.165, 1.54) is 19.4 Å². The van der Waals surface area contributed by atoms with E-state index in [1.54, 1.807) is 18.2 Å². The molecule has 2 rings (SSSR count). The number of aromatic nitrogens is 1. The van der Waals surface area contributed by atoms with Crippen LogP contribution in [0.4, 0.5) is 4.39 Å². The number of benzene rings is 1. The molecule has 0 N–H and O–H groups in total. The Bertz CT molecular complexity index is 560. The van der Waals surface area contributed by atoms with E-state index in [1.807, 2.05) is 0 Å². The number of hydrogen-bond acceptors (Lipinski definition) is 2. The first kappa shape index (κ1) is 12.1. The molecule has 0 bridgehead atoms. The number of pyridine rings is 1. The first-order chi connectivity index (χ1) is 8.11. The molecule has 1 aromatic carbocycles. The first-order valence-electron chi connectivity index (χ1n) is 4.77. The van der Waals surface area contributed by atoms with Crippen LogP contribution in [0.5, 0.6) is 5.75 Å². The molecule has 0 spiro atoms. The molecule has 0 saturated heterocycles. The maximum Gasteiger partial charge on any atom is 0.153 e. The van der Waals surface area contributed by atoms with Crippen LogP contribution in [-0.4, -0.2) is 12.1 Å². The fraction of sp³-hybridized carbons (Fsp3) is 0.0833. The van der Waals surface area contributed by atoms with Crippen LogP contribution in [0.15, 0.2) is 30.5 Å². The summed E-state index contributed by atoms with van der Waals surface area (Å²) in [5.41, 5.74) is 0.670. The van der Waals surface area contributed by atoms with E-state index in [2.05, 4.69) is 4.98 Å². The van der Waals surface area contributed by atoms with Crippen molar-refractivity contribution in [2.24, 2.45) is 0 Å². The second-order valence-electron chi connectivity index (χ2n) is 3.33. The summed E-state index contributed by atoms with van der Waals surface area (Å²) in [7, 11) is 1.45. The Balaban J connectivity index is 2.53. The SMILES string of the molecule is COc1cnc(-c2ccc(Cl)cc2Cl)c(F)c1. The van der Waals surface area contributed by atoms with Gasteiger partial charge in [0.25, 0.3) is 0 Å². The van der Waals surface area contributed by atoms with Crippen LogP contribution in [0.25, 0.3) is 11.3 Å². The smallest absolute Gasteiger partial charge is 0.153 e. The number of ether oxygens (including phenoxy) is 1. The number of rotatable bonds is 2. The highest BCUT2D eigenvalue weighted by molar-refractivity contribution is 6.36. The molecule has 0 atom stereocenters. The van der Waals surface area contributed by atoms with Crippen molar-refractivity contribution in [3.05, 3.63) is 46.3 Å². The summed E-state index contributed by atoms with van der Waals surface area (Å²) < 4.78 is 18.6. The quantitative estimate of drug-likeness (QED) is 0.817. The second kappa shape index (κ2) is 4.90. The molecule has 0 aliphatic rings. The Hall–Kier alpha value is -1.32. The van der Waals surface area contributed by atoms with E-state index in [0.29, 0.717) is 21.4 Å². The molecule has 5 heteroatoms. The number of hydrogen-bond donors (Lipinski definition) is 0. The van der Waals surface area contributed by atoms with Crippen molar-refractivity contribution in [2.45, 2.75) is 0 Å². The Morgan fingerprint density at radius 3 is 2.59 bits per heavy atom. The van der Waals surface area contributed by atoms with Crippen LogP contribution >= 0.6 is 23.2 Å². The van der Waals surface area contributed by atoms with Gasteiger partial charge in [-0.05, 0) is 18.2 Å². The largest absolute Gasteiger partial charge is 0.495 e. The minimum atomic E-state index is -0.492. The Morgan fingerprint density at radius 2 is 2.00 bits per heavy atom. The maximum atomic E-state index is 13.8. The zero-order valence-corrected chi connectivity index (χ0v) is 10.4. The highest BCUT2D eigenvalue weighted by Gasteiger charge is 2.11. The summed E-state index contributed by atoms with van der Waals surface area (Å²) in [6, 6.07) is 6.06. The molecule has 0 fully saturated rings. The van der Waals surface area contributed by atoms with E-state index in [9.17, 15) is 4.39 Å². The van der Waals surface area contributed by atoms with Gasteiger partial charge in [0.15, 0.2) is 5.82 Å². The highest BCUT2D eigenvalue weighted by Crippen LogP contribution is 2.31. The number of nitrogens with zero attached hydrogens (tertiary/aromatic N) is 1. The average Bonchev–Trinajstić information content (AvgIpc) is 2.30. The maximum absolute atomic E-state index is 13.8. The van der Waals surface area contributed by atoms with Gasteiger partial charge in [-0.1, -0.05) is 23.2 Å². The van der Waals surface area contributed by atoms with Crippen LogP contribution in [-0.2, 0) is 0 Å². The van der Waals surface area contributed by atoms with Crippen LogP contribution < -0.4 is 4.74 Å². The van der Waals surface area contributed by atoms with Crippen LogP contribution in [0.2, 0.25) is 10.0 Å². The molecule has 2 aromatic rings. The topological polar surface area (TPSA) is 22.1 Å². The highest BCUT2D eigenvalue weighted by atomic mass is 35.5. The third-order valence-corrected chi connectivity index (χ3v) is 2.79. The van der Waals surface area contributed by atoms with Gasteiger partial charge in [-0.2, -0.15) is 0 Å². The fourth-order valence-electron chi connectivity index (χ4n) is 1.41. The third-order valence-electron chi connectivity index (χ3n) is 2.24. The van der Waals surface area contributed by atoms with Gasteiger partial charge in [0, 0.05) is 16.7 Å². The fourth-order valence-corrected chi connectivity index (χ4v) is 1.91. The minimum Gasteiger partial charge on any atom is -0.495 e. The van der Waals surface area contributed by atoms with Gasteiger partial charge < -0.3 is 4.74 Å². The monoisotopic (exact) mass is 271 g/mol. The molecular weight excluding hydrogens is 264 g/mol. The van der Waals surface area contributed by atoms with Crippen molar-refractivity contribution >= 4 is 23.2 Å². The summed E-state index contributed by atoms with van der Waals surface area (Å²) in [6.07, 6.45) is 1.43. The van der Waals surface area contributed by atoms with Crippen molar-refractivity contribution < 1.29 is 9.13 Å². The van der Waals surface area contributed by atoms with Crippen molar-refractivity contribution in [3.8, 4) is 17.0 Å². The lowest BCUT2D eigenvalue weighted by Crippen LogP contribution is -1.92. The molecule has 0 unspecified atom stereocenters. The Labute approximate surface area is 108 Å². The van der Waals surface area contributed by atoms with Crippen molar-refractivity contribution in [2.75, 3.05) is 7.11 Å². The van der Waals surface area contributed by atoms with Crippen molar-refractivity contribution in [3.63, 3.8) is 0 Å². The normalized spacial score (nSPS) is 10.4. The standard InChI is InChI=1S/C12H8Cl2FNO/c1-17-8-5-11(15)12(16-6-8)9-3-2-7(13)4-10(9)14/h2-6H,1H3. The van der Waals surface area contributed by atoms with Gasteiger partial charge in [-0.3, -0.25) is 0 Å². The van der Waals surface area contributed by atoms with E-state index >= 15 is 0 Å². The molecule has 2 nitrogen and oxygen atoms in total. The molecule has 0 aliphatic heterocycles. The predicted octanol–water partition coefficient (Wildman–Crippen LogP) is 4.20. The summed E-state index contributed by atoms with van der Waals surface area (Å²) in [6.45, 7) is 0. The van der Waals surface area contributed by atoms with Gasteiger partial charge in [0.1, 0.15) is 11.4 Å². The lowest BCUT2D eigenvalue weighted by atomic mass is 10.1. The van der Waals surface area contributed by atoms with Gasteiger partial charge in [0.2, 0.25) is 0 Å². The summed E-state index contributed by atoms with van der Waals surface area (Å²) in [4.78, 5) is 3.98. The van der Waals surface area contributed by atoms with Crippen LogP contribution in [0.3, 0.4) is 0 Å². The third kappa shape index (κ3) is 2.51. The number of methoxy groups -OCH3 is 1. The average molecular weight is 272 g/mol. The van der Waals surface area contributed by atoms with E-state index in [0.717, 1.165) is 0 Å². The zero-order chi connectivity index (χ0) is 12.4. The van der Waals surface area contributed by atoms with E-state index in [4.69, 9.17) is 27.9 Å². The van der Waals surface area contributed by atoms with E-state index < -0.39 is 5.82 Å².